The molecule has 0 unspecified atom stereocenters. The molecule has 1 aliphatic heterocycles. The number of carbonyl (C=O) groups is 2. The van der Waals surface area contributed by atoms with Crippen LogP contribution in [0.15, 0.2) is 78.9 Å². The summed E-state index contributed by atoms with van der Waals surface area (Å²) in [5, 5.41) is 5.55. The molecule has 0 aromatic heterocycles. The third-order valence-corrected chi connectivity index (χ3v) is 5.18. The Labute approximate surface area is 176 Å². The largest absolute Gasteiger partial charge is 0.373 e. The molecule has 0 atom stereocenters. The Hall–Kier alpha value is -3.80. The van der Waals surface area contributed by atoms with Crippen molar-refractivity contribution in [2.75, 3.05) is 35.7 Å². The zero-order valence-corrected chi connectivity index (χ0v) is 16.8. The van der Waals surface area contributed by atoms with Gasteiger partial charge in [-0.1, -0.05) is 36.4 Å². The lowest BCUT2D eigenvalue weighted by Gasteiger charge is -2.21. The Balaban J connectivity index is 1.41. The maximum absolute atomic E-state index is 13.1. The quantitative estimate of drug-likeness (QED) is 0.684. The van der Waals surface area contributed by atoms with E-state index in [-0.39, 0.29) is 11.9 Å². The lowest BCUT2D eigenvalue weighted by Crippen LogP contribution is -2.34. The number of urea groups is 1. The Bertz CT molecular complexity index is 1030. The summed E-state index contributed by atoms with van der Waals surface area (Å²) in [5.74, 6) is -0.0135. The molecule has 3 amide bonds. The summed E-state index contributed by atoms with van der Waals surface area (Å²) < 4.78 is 0. The van der Waals surface area contributed by atoms with Gasteiger partial charge in [-0.05, 0) is 48.0 Å². The second-order valence-electron chi connectivity index (χ2n) is 7.30. The molecule has 1 heterocycles. The van der Waals surface area contributed by atoms with Crippen LogP contribution in [-0.4, -0.2) is 37.0 Å². The van der Waals surface area contributed by atoms with E-state index in [1.807, 2.05) is 54.4 Å². The zero-order chi connectivity index (χ0) is 20.9. The predicted octanol–water partition coefficient (Wildman–Crippen LogP) is 4.42. The average molecular weight is 400 g/mol. The minimum Gasteiger partial charge on any atom is -0.373 e. The molecule has 152 valence electrons. The fourth-order valence-corrected chi connectivity index (χ4v) is 3.56. The molecule has 6 nitrogen and oxygen atoms in total. The SMILES string of the molecule is CN1CCN(C(=O)c2ccc(NC(=O)Nc3ccccc3)cc2)Cc2ccccc21. The van der Waals surface area contributed by atoms with Gasteiger partial charge in [-0.15, -0.1) is 0 Å². The number of nitrogens with zero attached hydrogens (tertiary/aromatic N) is 2. The van der Waals surface area contributed by atoms with Crippen molar-refractivity contribution >= 4 is 29.0 Å². The Kier molecular flexibility index (Phi) is 5.66. The maximum atomic E-state index is 13.1. The molecule has 3 aromatic carbocycles. The molecule has 30 heavy (non-hydrogen) atoms. The van der Waals surface area contributed by atoms with Crippen LogP contribution in [0, 0.1) is 0 Å². The smallest absolute Gasteiger partial charge is 0.323 e. The van der Waals surface area contributed by atoms with Crippen LogP contribution in [0.4, 0.5) is 21.9 Å². The molecule has 0 fully saturated rings. The molecule has 0 aliphatic carbocycles. The van der Waals surface area contributed by atoms with Crippen LogP contribution in [0.3, 0.4) is 0 Å². The number of carbonyl (C=O) groups excluding carboxylic acids is 2. The lowest BCUT2D eigenvalue weighted by molar-refractivity contribution is 0.0752. The highest BCUT2D eigenvalue weighted by atomic mass is 16.2. The van der Waals surface area contributed by atoms with Crippen LogP contribution in [0.5, 0.6) is 0 Å². The maximum Gasteiger partial charge on any atom is 0.323 e. The number of fused-ring (bicyclic) bond motifs is 1. The second kappa shape index (κ2) is 8.69. The van der Waals surface area contributed by atoms with Crippen LogP contribution < -0.4 is 15.5 Å². The first-order chi connectivity index (χ1) is 14.6. The number of amides is 3. The summed E-state index contributed by atoms with van der Waals surface area (Å²) in [7, 11) is 2.05. The van der Waals surface area contributed by atoms with E-state index in [0.717, 1.165) is 17.8 Å². The van der Waals surface area contributed by atoms with Gasteiger partial charge in [0.2, 0.25) is 0 Å². The number of hydrogen-bond donors (Lipinski definition) is 2. The first-order valence-electron chi connectivity index (χ1n) is 9.91. The van der Waals surface area contributed by atoms with Gasteiger partial charge in [0.25, 0.3) is 5.91 Å². The summed E-state index contributed by atoms with van der Waals surface area (Å²) in [6, 6.07) is 24.1. The summed E-state index contributed by atoms with van der Waals surface area (Å²) in [6.07, 6.45) is 0. The van der Waals surface area contributed by atoms with Crippen LogP contribution in [-0.2, 0) is 6.54 Å². The van der Waals surface area contributed by atoms with E-state index in [2.05, 4.69) is 27.7 Å². The van der Waals surface area contributed by atoms with Crippen molar-refractivity contribution in [3.63, 3.8) is 0 Å². The number of benzene rings is 3. The monoisotopic (exact) mass is 400 g/mol. The average Bonchev–Trinajstić information content (AvgIpc) is 2.94. The third kappa shape index (κ3) is 4.43. The summed E-state index contributed by atoms with van der Waals surface area (Å²) in [6.45, 7) is 2.02. The van der Waals surface area contributed by atoms with Crippen LogP contribution in [0.2, 0.25) is 0 Å². The van der Waals surface area contributed by atoms with Crippen molar-refractivity contribution in [2.24, 2.45) is 0 Å². The molecule has 4 rings (SSSR count). The fraction of sp³-hybridized carbons (Fsp3) is 0.167. The number of rotatable bonds is 3. The Morgan fingerprint density at radius 1 is 0.767 bits per heavy atom. The highest BCUT2D eigenvalue weighted by Crippen LogP contribution is 2.24. The zero-order valence-electron chi connectivity index (χ0n) is 16.8. The number of hydrogen-bond acceptors (Lipinski definition) is 3. The van der Waals surface area contributed by atoms with Gasteiger partial charge in [-0.3, -0.25) is 4.79 Å². The van der Waals surface area contributed by atoms with Crippen LogP contribution >= 0.6 is 0 Å². The van der Waals surface area contributed by atoms with Crippen molar-refractivity contribution in [2.45, 2.75) is 6.54 Å². The standard InChI is InChI=1S/C24H24N4O2/c1-27-15-16-28(17-19-7-5-6-10-22(19)27)23(29)18-11-13-21(14-12-18)26-24(30)25-20-8-3-2-4-9-20/h2-14H,15-17H2,1H3,(H2,25,26,30). The second-order valence-corrected chi connectivity index (χ2v) is 7.30. The predicted molar refractivity (Wildman–Crippen MR) is 120 cm³/mol. The molecule has 0 bridgehead atoms. The van der Waals surface area contributed by atoms with Gasteiger partial charge in [-0.2, -0.15) is 0 Å². The van der Waals surface area contributed by atoms with Gasteiger partial charge in [0, 0.05) is 49.3 Å². The van der Waals surface area contributed by atoms with Gasteiger partial charge in [0.1, 0.15) is 0 Å². The van der Waals surface area contributed by atoms with E-state index in [9.17, 15) is 9.59 Å². The van der Waals surface area contributed by atoms with Crippen LogP contribution in [0.25, 0.3) is 0 Å². The van der Waals surface area contributed by atoms with Crippen molar-refractivity contribution in [1.29, 1.82) is 0 Å². The van der Waals surface area contributed by atoms with E-state index >= 15 is 0 Å². The molecule has 0 saturated carbocycles. The van der Waals surface area contributed by atoms with Crippen molar-refractivity contribution in [1.82, 2.24) is 4.90 Å². The summed E-state index contributed by atoms with van der Waals surface area (Å²) >= 11 is 0. The van der Waals surface area contributed by atoms with Crippen molar-refractivity contribution < 1.29 is 9.59 Å². The number of para-hydroxylation sites is 2. The first kappa shape index (κ1) is 19.5. The normalized spacial score (nSPS) is 13.2. The molecule has 0 spiro atoms. The van der Waals surface area contributed by atoms with E-state index in [1.165, 1.54) is 0 Å². The first-order valence-corrected chi connectivity index (χ1v) is 9.91. The Morgan fingerprint density at radius 3 is 2.13 bits per heavy atom. The number of anilines is 3. The minimum atomic E-state index is -0.326. The molecule has 6 heteroatoms. The molecule has 2 N–H and O–H groups in total. The van der Waals surface area contributed by atoms with Gasteiger partial charge in [0.15, 0.2) is 0 Å². The topological polar surface area (TPSA) is 64.7 Å². The number of likely N-dealkylation sites (N-methyl/N-ethyl adjacent to an activating group) is 1. The third-order valence-electron chi connectivity index (χ3n) is 5.18. The fourth-order valence-electron chi connectivity index (χ4n) is 3.56. The summed E-state index contributed by atoms with van der Waals surface area (Å²) in [5.41, 5.74) is 4.25. The van der Waals surface area contributed by atoms with Gasteiger partial charge in [-0.25, -0.2) is 4.79 Å². The highest BCUT2D eigenvalue weighted by Gasteiger charge is 2.22. The molecule has 1 aliphatic rings. The minimum absolute atomic E-state index is 0.0135. The molecule has 3 aromatic rings. The molecular formula is C24H24N4O2. The molecule has 0 radical (unpaired) electrons. The van der Waals surface area contributed by atoms with Gasteiger partial charge in [0.05, 0.1) is 0 Å². The van der Waals surface area contributed by atoms with Gasteiger partial charge >= 0.3 is 6.03 Å². The lowest BCUT2D eigenvalue weighted by atomic mass is 10.1. The highest BCUT2D eigenvalue weighted by molar-refractivity contribution is 6.00. The van der Waals surface area contributed by atoms with Gasteiger partial charge < -0.3 is 20.4 Å². The van der Waals surface area contributed by atoms with Crippen molar-refractivity contribution in [3.05, 3.63) is 90.0 Å². The summed E-state index contributed by atoms with van der Waals surface area (Å²) in [4.78, 5) is 29.2. The van der Waals surface area contributed by atoms with Crippen LogP contribution in [0.1, 0.15) is 15.9 Å². The Morgan fingerprint density at radius 2 is 1.40 bits per heavy atom. The number of nitrogens with one attached hydrogen (secondary N) is 2. The molecular weight excluding hydrogens is 376 g/mol. The molecule has 0 saturated heterocycles. The van der Waals surface area contributed by atoms with E-state index in [4.69, 9.17) is 0 Å². The van der Waals surface area contributed by atoms with E-state index < -0.39 is 0 Å². The van der Waals surface area contributed by atoms with Crippen molar-refractivity contribution in [3.8, 4) is 0 Å². The van der Waals surface area contributed by atoms with E-state index in [0.29, 0.717) is 30.0 Å². The van der Waals surface area contributed by atoms with E-state index in [1.54, 1.807) is 24.3 Å².